The minimum Gasteiger partial charge on any atom is -0.377 e. The molecule has 2 saturated heterocycles. The molecule has 3 fully saturated rings. The Kier molecular flexibility index (Phi) is 4.41. The SMILES string of the molecule is Cc1nc(C(=O)N2CC3(C[C@H](OCC4CCCC4)CS3)C2)cs1. The Morgan fingerprint density at radius 2 is 2.22 bits per heavy atom. The second kappa shape index (κ2) is 6.37. The van der Waals surface area contributed by atoms with Crippen molar-refractivity contribution in [3.05, 3.63) is 16.1 Å². The number of nitrogens with zero attached hydrogens (tertiary/aromatic N) is 2. The molecule has 126 valence electrons. The number of thioether (sulfide) groups is 1. The van der Waals surface area contributed by atoms with Crippen molar-refractivity contribution in [1.29, 1.82) is 0 Å². The lowest BCUT2D eigenvalue weighted by molar-refractivity contribution is 0.0196. The van der Waals surface area contributed by atoms with Gasteiger partial charge in [0.2, 0.25) is 0 Å². The molecule has 0 unspecified atom stereocenters. The van der Waals surface area contributed by atoms with E-state index in [1.165, 1.54) is 25.7 Å². The van der Waals surface area contributed by atoms with Crippen LogP contribution in [0.15, 0.2) is 5.38 Å². The average molecular weight is 353 g/mol. The molecule has 1 saturated carbocycles. The van der Waals surface area contributed by atoms with Crippen molar-refractivity contribution in [2.45, 2.75) is 49.9 Å². The van der Waals surface area contributed by atoms with Crippen molar-refractivity contribution < 1.29 is 9.53 Å². The summed E-state index contributed by atoms with van der Waals surface area (Å²) in [5, 5.41) is 2.83. The standard InChI is InChI=1S/C17H24N2O2S2/c1-12-18-15(9-22-12)16(20)19-10-17(11-19)6-14(8-23-17)21-7-13-4-2-3-5-13/h9,13-14H,2-8,10-11H2,1H3/t14-/m0/s1. The highest BCUT2D eigenvalue weighted by atomic mass is 32.2. The zero-order valence-electron chi connectivity index (χ0n) is 13.6. The fourth-order valence-corrected chi connectivity index (χ4v) is 6.13. The third-order valence-corrected chi connectivity index (χ3v) is 7.65. The molecule has 0 radical (unpaired) electrons. The number of ether oxygens (including phenoxy) is 1. The Labute approximate surface area is 146 Å². The summed E-state index contributed by atoms with van der Waals surface area (Å²) < 4.78 is 6.42. The maximum atomic E-state index is 12.4. The van der Waals surface area contributed by atoms with Gasteiger partial charge in [-0.05, 0) is 32.1 Å². The van der Waals surface area contributed by atoms with Gasteiger partial charge in [-0.1, -0.05) is 12.8 Å². The molecule has 1 aromatic heterocycles. The Hall–Kier alpha value is -0.590. The molecule has 0 N–H and O–H groups in total. The average Bonchev–Trinajstić information content (AvgIpc) is 3.23. The van der Waals surface area contributed by atoms with Gasteiger partial charge < -0.3 is 9.64 Å². The van der Waals surface area contributed by atoms with Crippen molar-refractivity contribution >= 4 is 29.0 Å². The molecule has 2 aliphatic heterocycles. The van der Waals surface area contributed by atoms with Gasteiger partial charge >= 0.3 is 0 Å². The lowest BCUT2D eigenvalue weighted by atomic mass is 9.92. The number of likely N-dealkylation sites (tertiary alicyclic amines) is 1. The van der Waals surface area contributed by atoms with Gasteiger partial charge in [0.05, 0.1) is 15.9 Å². The number of thiazole rings is 1. The first-order valence-electron chi connectivity index (χ1n) is 8.60. The van der Waals surface area contributed by atoms with E-state index in [-0.39, 0.29) is 10.7 Å². The van der Waals surface area contributed by atoms with E-state index in [1.54, 1.807) is 11.3 Å². The highest BCUT2D eigenvalue weighted by Gasteiger charge is 2.51. The maximum Gasteiger partial charge on any atom is 0.273 e. The summed E-state index contributed by atoms with van der Waals surface area (Å²) in [5.41, 5.74) is 0.611. The Morgan fingerprint density at radius 1 is 1.43 bits per heavy atom. The smallest absolute Gasteiger partial charge is 0.273 e. The Balaban J connectivity index is 1.25. The first-order valence-corrected chi connectivity index (χ1v) is 10.5. The van der Waals surface area contributed by atoms with Crippen molar-refractivity contribution in [3.8, 4) is 0 Å². The first kappa shape index (κ1) is 15.9. The van der Waals surface area contributed by atoms with Gasteiger partial charge in [-0.25, -0.2) is 4.98 Å². The molecule has 1 spiro atoms. The molecule has 1 amide bonds. The number of carbonyl (C=O) groups excluding carboxylic acids is 1. The van der Waals surface area contributed by atoms with Crippen LogP contribution in [0.1, 0.15) is 47.6 Å². The van der Waals surface area contributed by atoms with Crippen LogP contribution in [0.4, 0.5) is 0 Å². The van der Waals surface area contributed by atoms with Crippen LogP contribution in [-0.2, 0) is 4.74 Å². The molecular formula is C17H24N2O2S2. The minimum atomic E-state index is 0.0934. The summed E-state index contributed by atoms with van der Waals surface area (Å²) in [4.78, 5) is 18.6. The lowest BCUT2D eigenvalue weighted by Gasteiger charge is -2.47. The van der Waals surface area contributed by atoms with Gasteiger partial charge in [-0.2, -0.15) is 0 Å². The largest absolute Gasteiger partial charge is 0.377 e. The molecule has 1 aliphatic carbocycles. The number of hydrogen-bond acceptors (Lipinski definition) is 5. The van der Waals surface area contributed by atoms with E-state index in [0.717, 1.165) is 42.8 Å². The summed E-state index contributed by atoms with van der Waals surface area (Å²) in [6.45, 7) is 4.60. The van der Waals surface area contributed by atoms with Crippen molar-refractivity contribution in [3.63, 3.8) is 0 Å². The van der Waals surface area contributed by atoms with E-state index in [1.807, 2.05) is 29.0 Å². The summed E-state index contributed by atoms with van der Waals surface area (Å²) in [7, 11) is 0. The first-order chi connectivity index (χ1) is 11.1. The monoisotopic (exact) mass is 352 g/mol. The van der Waals surface area contributed by atoms with Crippen molar-refractivity contribution in [1.82, 2.24) is 9.88 Å². The zero-order chi connectivity index (χ0) is 15.9. The van der Waals surface area contributed by atoms with E-state index in [2.05, 4.69) is 4.98 Å². The second-order valence-corrected chi connectivity index (χ2v) is 9.77. The summed E-state index contributed by atoms with van der Waals surface area (Å²) in [5.74, 6) is 1.98. The fraction of sp³-hybridized carbons (Fsp3) is 0.765. The number of hydrogen-bond donors (Lipinski definition) is 0. The molecule has 0 bridgehead atoms. The van der Waals surface area contributed by atoms with Gasteiger partial charge in [-0.3, -0.25) is 4.79 Å². The molecule has 6 heteroatoms. The molecular weight excluding hydrogens is 328 g/mol. The molecule has 3 heterocycles. The van der Waals surface area contributed by atoms with Crippen LogP contribution in [0, 0.1) is 12.8 Å². The summed E-state index contributed by atoms with van der Waals surface area (Å²) >= 11 is 3.55. The number of rotatable bonds is 4. The third kappa shape index (κ3) is 3.30. The van der Waals surface area contributed by atoms with E-state index >= 15 is 0 Å². The minimum absolute atomic E-state index is 0.0934. The van der Waals surface area contributed by atoms with E-state index < -0.39 is 0 Å². The number of aromatic nitrogens is 1. The van der Waals surface area contributed by atoms with Crippen molar-refractivity contribution in [2.75, 3.05) is 25.4 Å². The fourth-order valence-electron chi connectivity index (χ4n) is 4.00. The molecule has 0 aromatic carbocycles. The van der Waals surface area contributed by atoms with E-state index in [9.17, 15) is 4.79 Å². The van der Waals surface area contributed by atoms with Gasteiger partial charge in [0.15, 0.2) is 0 Å². The van der Waals surface area contributed by atoms with Crippen molar-refractivity contribution in [2.24, 2.45) is 5.92 Å². The number of carbonyl (C=O) groups is 1. The van der Waals surface area contributed by atoms with Gasteiger partial charge in [-0.15, -0.1) is 23.1 Å². The predicted molar refractivity (Wildman–Crippen MR) is 94.3 cm³/mol. The predicted octanol–water partition coefficient (Wildman–Crippen LogP) is 3.36. The maximum absolute atomic E-state index is 12.4. The molecule has 1 aromatic rings. The van der Waals surface area contributed by atoms with Crippen LogP contribution in [0.3, 0.4) is 0 Å². The molecule has 4 nitrogen and oxygen atoms in total. The van der Waals surface area contributed by atoms with Crippen LogP contribution >= 0.6 is 23.1 Å². The van der Waals surface area contributed by atoms with Gasteiger partial charge in [0.1, 0.15) is 5.69 Å². The van der Waals surface area contributed by atoms with Crippen LogP contribution in [0.25, 0.3) is 0 Å². The Bertz CT molecular complexity index is 577. The van der Waals surface area contributed by atoms with E-state index in [4.69, 9.17) is 4.74 Å². The molecule has 23 heavy (non-hydrogen) atoms. The molecule has 1 atom stereocenters. The Morgan fingerprint density at radius 3 is 2.91 bits per heavy atom. The number of aryl methyl sites for hydroxylation is 1. The van der Waals surface area contributed by atoms with Gasteiger partial charge in [0.25, 0.3) is 5.91 Å². The zero-order valence-corrected chi connectivity index (χ0v) is 15.3. The second-order valence-electron chi connectivity index (χ2n) is 7.22. The van der Waals surface area contributed by atoms with Crippen LogP contribution < -0.4 is 0 Å². The normalized spacial score (nSPS) is 26.8. The summed E-state index contributed by atoms with van der Waals surface area (Å²) in [6.07, 6.45) is 6.94. The van der Waals surface area contributed by atoms with Crippen LogP contribution in [0.2, 0.25) is 0 Å². The highest BCUT2D eigenvalue weighted by molar-refractivity contribution is 8.01. The van der Waals surface area contributed by atoms with Crippen LogP contribution in [0.5, 0.6) is 0 Å². The lowest BCUT2D eigenvalue weighted by Crippen LogP contribution is -2.60. The van der Waals surface area contributed by atoms with Gasteiger partial charge in [0, 0.05) is 30.8 Å². The third-order valence-electron chi connectivity index (χ3n) is 5.30. The summed E-state index contributed by atoms with van der Waals surface area (Å²) in [6, 6.07) is 0. The van der Waals surface area contributed by atoms with E-state index in [0.29, 0.717) is 11.8 Å². The molecule has 4 rings (SSSR count). The molecule has 3 aliphatic rings. The highest BCUT2D eigenvalue weighted by Crippen LogP contribution is 2.46. The van der Waals surface area contributed by atoms with Crippen LogP contribution in [-0.4, -0.2) is 52.1 Å². The topological polar surface area (TPSA) is 42.4 Å². The number of amides is 1. The quantitative estimate of drug-likeness (QED) is 0.833.